The second-order valence-corrected chi connectivity index (χ2v) is 6.34. The van der Waals surface area contributed by atoms with E-state index in [-0.39, 0.29) is 12.3 Å². The van der Waals surface area contributed by atoms with Crippen molar-refractivity contribution in [3.63, 3.8) is 0 Å². The molecule has 0 saturated heterocycles. The van der Waals surface area contributed by atoms with Crippen LogP contribution in [0.1, 0.15) is 22.0 Å². The van der Waals surface area contributed by atoms with Gasteiger partial charge in [-0.1, -0.05) is 18.2 Å². The van der Waals surface area contributed by atoms with E-state index in [9.17, 15) is 9.59 Å². The molecular formula is C18H15BrN2O5. The zero-order valence-electron chi connectivity index (χ0n) is 13.8. The number of hydrogen-bond acceptors (Lipinski definition) is 5. The summed E-state index contributed by atoms with van der Waals surface area (Å²) in [6.07, 6.45) is 0. The van der Waals surface area contributed by atoms with Gasteiger partial charge in [-0.3, -0.25) is 9.59 Å². The van der Waals surface area contributed by atoms with Crippen LogP contribution in [0.4, 0.5) is 0 Å². The Balaban J connectivity index is 1.88. The first-order chi connectivity index (χ1) is 12.4. The van der Waals surface area contributed by atoms with Crippen molar-refractivity contribution in [3.05, 3.63) is 64.3 Å². The highest BCUT2D eigenvalue weighted by Gasteiger charge is 2.26. The van der Waals surface area contributed by atoms with E-state index in [2.05, 4.69) is 20.9 Å². The third-order valence-corrected chi connectivity index (χ3v) is 4.03. The summed E-state index contributed by atoms with van der Waals surface area (Å²) in [6, 6.07) is 12.5. The summed E-state index contributed by atoms with van der Waals surface area (Å²) in [7, 11) is 0. The van der Waals surface area contributed by atoms with Gasteiger partial charge in [-0.15, -0.1) is 0 Å². The lowest BCUT2D eigenvalue weighted by molar-refractivity contribution is -0.137. The smallest absolute Gasteiger partial charge is 0.323 e. The van der Waals surface area contributed by atoms with Gasteiger partial charge in [0.15, 0.2) is 4.67 Å². The Labute approximate surface area is 157 Å². The third-order valence-electron chi connectivity index (χ3n) is 3.60. The lowest BCUT2D eigenvalue weighted by Crippen LogP contribution is -2.35. The fourth-order valence-corrected chi connectivity index (χ4v) is 2.77. The maximum atomic E-state index is 12.8. The van der Waals surface area contributed by atoms with E-state index in [0.717, 1.165) is 10.5 Å². The van der Waals surface area contributed by atoms with Crippen molar-refractivity contribution in [1.29, 1.82) is 0 Å². The van der Waals surface area contributed by atoms with Gasteiger partial charge in [0.2, 0.25) is 11.7 Å². The molecule has 8 heteroatoms. The van der Waals surface area contributed by atoms with Gasteiger partial charge in [0.1, 0.15) is 12.3 Å². The van der Waals surface area contributed by atoms with Crippen molar-refractivity contribution < 1.29 is 23.5 Å². The minimum absolute atomic E-state index is 0.00244. The number of carbonyl (C=O) groups is 2. The molecule has 0 unspecified atom stereocenters. The summed E-state index contributed by atoms with van der Waals surface area (Å²) in [5.74, 6) is -0.929. The molecule has 0 bridgehead atoms. The quantitative estimate of drug-likeness (QED) is 0.654. The van der Waals surface area contributed by atoms with Crippen LogP contribution in [0.3, 0.4) is 0 Å². The van der Waals surface area contributed by atoms with Crippen molar-refractivity contribution in [2.45, 2.75) is 13.5 Å². The number of oxazole rings is 1. The van der Waals surface area contributed by atoms with Crippen LogP contribution in [0.5, 0.6) is 0 Å². The fraction of sp³-hybridized carbons (Fsp3) is 0.167. The molecule has 0 fully saturated rings. The molecule has 0 spiro atoms. The highest BCUT2D eigenvalue weighted by Crippen LogP contribution is 2.23. The predicted octanol–water partition coefficient (Wildman–Crippen LogP) is 3.73. The average molecular weight is 419 g/mol. The molecule has 3 aromatic rings. The van der Waals surface area contributed by atoms with Crippen LogP contribution in [0.25, 0.3) is 11.5 Å². The molecule has 0 atom stereocenters. The van der Waals surface area contributed by atoms with Crippen molar-refractivity contribution in [2.24, 2.45) is 0 Å². The van der Waals surface area contributed by atoms with Crippen LogP contribution in [0.15, 0.2) is 56.0 Å². The Kier molecular flexibility index (Phi) is 5.22. The van der Waals surface area contributed by atoms with E-state index in [0.29, 0.717) is 22.0 Å². The van der Waals surface area contributed by atoms with Crippen molar-refractivity contribution in [2.75, 3.05) is 6.54 Å². The second kappa shape index (κ2) is 7.57. The number of halogens is 1. The standard InChI is InChI=1S/C18H15BrN2O5/c1-11-16(26-17(20-11)12-5-3-2-4-6-12)18(24)21(10-15(22)23)9-13-7-8-14(19)25-13/h2-8H,9-10H2,1H3,(H,22,23). The minimum Gasteiger partial charge on any atom is -0.480 e. The zero-order valence-corrected chi connectivity index (χ0v) is 15.4. The molecule has 0 aliphatic rings. The summed E-state index contributed by atoms with van der Waals surface area (Å²) < 4.78 is 11.5. The predicted molar refractivity (Wildman–Crippen MR) is 95.5 cm³/mol. The Morgan fingerprint density at radius 3 is 2.50 bits per heavy atom. The van der Waals surface area contributed by atoms with Crippen molar-refractivity contribution >= 4 is 27.8 Å². The number of amides is 1. The SMILES string of the molecule is Cc1nc(-c2ccccc2)oc1C(=O)N(CC(=O)O)Cc1ccc(Br)o1. The molecule has 1 amide bonds. The number of carboxylic acid groups (broad SMARTS) is 1. The number of aliphatic carboxylic acids is 1. The largest absolute Gasteiger partial charge is 0.480 e. The first kappa shape index (κ1) is 17.9. The summed E-state index contributed by atoms with van der Waals surface area (Å²) in [4.78, 5) is 29.4. The molecule has 2 heterocycles. The van der Waals surface area contributed by atoms with Crippen LogP contribution in [0, 0.1) is 6.92 Å². The number of hydrogen-bond donors (Lipinski definition) is 1. The average Bonchev–Trinajstić information content (AvgIpc) is 3.20. The second-order valence-electron chi connectivity index (χ2n) is 5.56. The van der Waals surface area contributed by atoms with Gasteiger partial charge in [0, 0.05) is 5.56 Å². The fourth-order valence-electron chi connectivity index (χ4n) is 2.43. The van der Waals surface area contributed by atoms with E-state index in [1.54, 1.807) is 19.1 Å². The number of aryl methyl sites for hydroxylation is 1. The van der Waals surface area contributed by atoms with Gasteiger partial charge in [0.25, 0.3) is 5.91 Å². The summed E-state index contributed by atoms with van der Waals surface area (Å²) >= 11 is 3.18. The summed E-state index contributed by atoms with van der Waals surface area (Å²) in [6.45, 7) is 1.15. The van der Waals surface area contributed by atoms with Crippen molar-refractivity contribution in [3.8, 4) is 11.5 Å². The third kappa shape index (κ3) is 4.02. The Morgan fingerprint density at radius 1 is 1.15 bits per heavy atom. The molecule has 0 aliphatic carbocycles. The maximum Gasteiger partial charge on any atom is 0.323 e. The van der Waals surface area contributed by atoms with Crippen molar-refractivity contribution in [1.82, 2.24) is 9.88 Å². The van der Waals surface area contributed by atoms with Gasteiger partial charge in [-0.05, 0) is 47.1 Å². The first-order valence-corrected chi connectivity index (χ1v) is 8.51. The normalized spacial score (nSPS) is 10.7. The lowest BCUT2D eigenvalue weighted by Gasteiger charge is -2.18. The van der Waals surface area contributed by atoms with Gasteiger partial charge >= 0.3 is 5.97 Å². The van der Waals surface area contributed by atoms with E-state index in [1.807, 2.05) is 30.3 Å². The van der Waals surface area contributed by atoms with E-state index in [4.69, 9.17) is 13.9 Å². The topological polar surface area (TPSA) is 96.8 Å². The summed E-state index contributed by atoms with van der Waals surface area (Å²) in [5, 5.41) is 9.14. The summed E-state index contributed by atoms with van der Waals surface area (Å²) in [5.41, 5.74) is 1.12. The Morgan fingerprint density at radius 2 is 1.88 bits per heavy atom. The Bertz CT molecular complexity index is 932. The maximum absolute atomic E-state index is 12.8. The molecule has 134 valence electrons. The number of furan rings is 1. The lowest BCUT2D eigenvalue weighted by atomic mass is 10.2. The highest BCUT2D eigenvalue weighted by atomic mass is 79.9. The molecule has 0 radical (unpaired) electrons. The van der Waals surface area contributed by atoms with Gasteiger partial charge in [0.05, 0.1) is 12.2 Å². The van der Waals surface area contributed by atoms with Gasteiger partial charge in [-0.25, -0.2) is 4.98 Å². The molecule has 3 rings (SSSR count). The molecule has 0 aliphatic heterocycles. The number of carboxylic acids is 1. The Hall–Kier alpha value is -2.87. The number of aromatic nitrogens is 1. The minimum atomic E-state index is -1.13. The van der Waals surface area contributed by atoms with Gasteiger partial charge < -0.3 is 18.8 Å². The van der Waals surface area contributed by atoms with Crippen LogP contribution in [-0.2, 0) is 11.3 Å². The van der Waals surface area contributed by atoms with Crippen LogP contribution >= 0.6 is 15.9 Å². The molecule has 2 aromatic heterocycles. The van der Waals surface area contributed by atoms with Crippen LogP contribution in [-0.4, -0.2) is 33.4 Å². The van der Waals surface area contributed by atoms with Gasteiger partial charge in [-0.2, -0.15) is 0 Å². The molecule has 1 N–H and O–H groups in total. The van der Waals surface area contributed by atoms with E-state index >= 15 is 0 Å². The molecule has 0 saturated carbocycles. The molecule has 7 nitrogen and oxygen atoms in total. The molecule has 26 heavy (non-hydrogen) atoms. The molecule has 1 aromatic carbocycles. The number of carbonyl (C=O) groups excluding carboxylic acids is 1. The number of benzene rings is 1. The van der Waals surface area contributed by atoms with Crippen LogP contribution < -0.4 is 0 Å². The molecular weight excluding hydrogens is 404 g/mol. The van der Waals surface area contributed by atoms with E-state index < -0.39 is 18.4 Å². The number of nitrogens with zero attached hydrogens (tertiary/aromatic N) is 2. The van der Waals surface area contributed by atoms with E-state index in [1.165, 1.54) is 0 Å². The number of rotatable bonds is 6. The van der Waals surface area contributed by atoms with Crippen LogP contribution in [0.2, 0.25) is 0 Å². The highest BCUT2D eigenvalue weighted by molar-refractivity contribution is 9.10. The zero-order chi connectivity index (χ0) is 18.7. The first-order valence-electron chi connectivity index (χ1n) is 7.72. The monoisotopic (exact) mass is 418 g/mol.